The maximum Gasteiger partial charge on any atom is 0.451 e. The van der Waals surface area contributed by atoms with Gasteiger partial charge in [-0.2, -0.15) is 17.6 Å². The molecule has 2 rings (SSSR count). The van der Waals surface area contributed by atoms with Crippen molar-refractivity contribution in [2.75, 3.05) is 12.3 Å². The molecule has 0 amide bonds. The fourth-order valence-electron chi connectivity index (χ4n) is 2.21. The fraction of sp³-hybridized carbons (Fsp3) is 0.417. The highest BCUT2D eigenvalue weighted by Crippen LogP contribution is 2.52. The minimum absolute atomic E-state index is 0.0449. The zero-order chi connectivity index (χ0) is 16.1. The van der Waals surface area contributed by atoms with E-state index in [0.717, 1.165) is 25.1 Å². The van der Waals surface area contributed by atoms with Gasteiger partial charge < -0.3 is 16.2 Å². The molecule has 0 bridgehead atoms. The van der Waals surface area contributed by atoms with Crippen LogP contribution >= 0.6 is 0 Å². The van der Waals surface area contributed by atoms with Gasteiger partial charge in [0.25, 0.3) is 0 Å². The van der Waals surface area contributed by atoms with Crippen LogP contribution in [0.4, 0.5) is 27.6 Å². The van der Waals surface area contributed by atoms with Crippen molar-refractivity contribution in [3.8, 4) is 0 Å². The monoisotopic (exact) mass is 309 g/mol. The van der Waals surface area contributed by atoms with Crippen molar-refractivity contribution in [2.45, 2.75) is 24.5 Å². The Labute approximate surface area is 116 Å². The standard InChI is InChI=1S/C12H12F5N3O/c1-10(7-4-6(18)2-3-8(7)13)11(14,12(15,16)17)21-5-9(19)20-10/h2-4H,5,18H2,1H3,(H2,19,20)/t10-,11+/m0/s1. The number of hydrogen-bond donors (Lipinski definition) is 2. The van der Waals surface area contributed by atoms with Crippen LogP contribution in [-0.4, -0.2) is 24.5 Å². The van der Waals surface area contributed by atoms with Crippen LogP contribution < -0.4 is 11.5 Å². The van der Waals surface area contributed by atoms with Crippen LogP contribution in [0.1, 0.15) is 12.5 Å². The van der Waals surface area contributed by atoms with Gasteiger partial charge in [0.1, 0.15) is 18.3 Å². The lowest BCUT2D eigenvalue weighted by atomic mass is 9.83. The van der Waals surface area contributed by atoms with Gasteiger partial charge in [-0.15, -0.1) is 0 Å². The summed E-state index contributed by atoms with van der Waals surface area (Å²) in [7, 11) is 0. The summed E-state index contributed by atoms with van der Waals surface area (Å²) in [5.74, 6) is -5.70. The van der Waals surface area contributed by atoms with E-state index in [-0.39, 0.29) is 11.5 Å². The number of anilines is 1. The lowest BCUT2D eigenvalue weighted by Gasteiger charge is -2.43. The Morgan fingerprint density at radius 2 is 1.90 bits per heavy atom. The first-order chi connectivity index (χ1) is 9.51. The van der Waals surface area contributed by atoms with Crippen molar-refractivity contribution in [3.05, 3.63) is 29.6 Å². The van der Waals surface area contributed by atoms with E-state index in [1.165, 1.54) is 0 Å². The average Bonchev–Trinajstić information content (AvgIpc) is 2.36. The summed E-state index contributed by atoms with van der Waals surface area (Å²) in [6.07, 6.45) is -5.44. The van der Waals surface area contributed by atoms with Gasteiger partial charge in [0, 0.05) is 11.3 Å². The van der Waals surface area contributed by atoms with Gasteiger partial charge in [0.15, 0.2) is 5.54 Å². The van der Waals surface area contributed by atoms with Gasteiger partial charge in [-0.1, -0.05) is 0 Å². The normalized spacial score (nSPS) is 30.1. The van der Waals surface area contributed by atoms with Crippen LogP contribution in [0.25, 0.3) is 0 Å². The quantitative estimate of drug-likeness (QED) is 0.617. The molecular weight excluding hydrogens is 297 g/mol. The smallest absolute Gasteiger partial charge is 0.399 e. The van der Waals surface area contributed by atoms with E-state index in [0.29, 0.717) is 0 Å². The molecule has 1 aliphatic rings. The first-order valence-corrected chi connectivity index (χ1v) is 5.80. The lowest BCUT2D eigenvalue weighted by molar-refractivity contribution is -0.357. The zero-order valence-electron chi connectivity index (χ0n) is 10.8. The van der Waals surface area contributed by atoms with Gasteiger partial charge in [-0.05, 0) is 25.1 Å². The highest BCUT2D eigenvalue weighted by atomic mass is 19.4. The summed E-state index contributed by atoms with van der Waals surface area (Å²) < 4.78 is 72.0. The van der Waals surface area contributed by atoms with Gasteiger partial charge in [-0.25, -0.2) is 4.39 Å². The summed E-state index contributed by atoms with van der Waals surface area (Å²) in [6, 6.07) is 2.83. The molecule has 116 valence electrons. The van der Waals surface area contributed by atoms with Crippen LogP contribution in [0.2, 0.25) is 0 Å². The minimum Gasteiger partial charge on any atom is -0.399 e. The van der Waals surface area contributed by atoms with Crippen LogP contribution in [0.15, 0.2) is 23.2 Å². The van der Waals surface area contributed by atoms with Crippen molar-refractivity contribution in [2.24, 2.45) is 10.7 Å². The van der Waals surface area contributed by atoms with E-state index in [1.807, 2.05) is 0 Å². The first-order valence-electron chi connectivity index (χ1n) is 5.80. The Kier molecular flexibility index (Phi) is 3.36. The highest BCUT2D eigenvalue weighted by molar-refractivity contribution is 5.83. The molecule has 2 atom stereocenters. The third-order valence-electron chi connectivity index (χ3n) is 3.29. The Morgan fingerprint density at radius 3 is 2.48 bits per heavy atom. The number of benzene rings is 1. The van der Waals surface area contributed by atoms with Crippen molar-refractivity contribution in [1.29, 1.82) is 0 Å². The van der Waals surface area contributed by atoms with Crippen molar-refractivity contribution >= 4 is 11.5 Å². The molecule has 4 N–H and O–H groups in total. The van der Waals surface area contributed by atoms with E-state index >= 15 is 0 Å². The number of nitrogen functional groups attached to an aromatic ring is 1. The molecule has 0 saturated carbocycles. The topological polar surface area (TPSA) is 73.6 Å². The van der Waals surface area contributed by atoms with E-state index in [4.69, 9.17) is 11.5 Å². The van der Waals surface area contributed by atoms with Crippen LogP contribution in [0.5, 0.6) is 0 Å². The van der Waals surface area contributed by atoms with Crippen LogP contribution in [0.3, 0.4) is 0 Å². The van der Waals surface area contributed by atoms with Gasteiger partial charge in [0.05, 0.1) is 0 Å². The average molecular weight is 309 g/mol. The molecule has 0 aliphatic carbocycles. The summed E-state index contributed by atoms with van der Waals surface area (Å²) >= 11 is 0. The molecule has 1 aromatic carbocycles. The summed E-state index contributed by atoms with van der Waals surface area (Å²) in [5.41, 5.74) is 7.29. The van der Waals surface area contributed by atoms with E-state index in [1.54, 1.807) is 0 Å². The molecule has 0 fully saturated rings. The fourth-order valence-corrected chi connectivity index (χ4v) is 2.21. The molecule has 0 aromatic heterocycles. The lowest BCUT2D eigenvalue weighted by Crippen LogP contribution is -2.61. The Morgan fingerprint density at radius 1 is 1.29 bits per heavy atom. The molecule has 0 radical (unpaired) electrons. The minimum atomic E-state index is -5.44. The van der Waals surface area contributed by atoms with Gasteiger partial charge in [-0.3, -0.25) is 4.99 Å². The molecule has 21 heavy (non-hydrogen) atoms. The molecular formula is C12H12F5N3O. The van der Waals surface area contributed by atoms with Gasteiger partial charge in [0.2, 0.25) is 0 Å². The van der Waals surface area contributed by atoms with Crippen molar-refractivity contribution < 1.29 is 26.7 Å². The highest BCUT2D eigenvalue weighted by Gasteiger charge is 2.71. The second-order valence-corrected chi connectivity index (χ2v) is 4.80. The SMILES string of the molecule is C[C@@]1(c2cc(N)ccc2F)N=C(N)CO[C@@]1(F)C(F)(F)F. The molecule has 4 nitrogen and oxygen atoms in total. The number of ether oxygens (including phenoxy) is 1. The number of aliphatic imine (C=N–C) groups is 1. The van der Waals surface area contributed by atoms with E-state index in [9.17, 15) is 22.0 Å². The van der Waals surface area contributed by atoms with E-state index in [2.05, 4.69) is 9.73 Å². The molecule has 0 saturated heterocycles. The Bertz CT molecular complexity index is 603. The largest absolute Gasteiger partial charge is 0.451 e. The third-order valence-corrected chi connectivity index (χ3v) is 3.29. The molecule has 1 heterocycles. The number of rotatable bonds is 1. The van der Waals surface area contributed by atoms with Crippen molar-refractivity contribution in [3.63, 3.8) is 0 Å². The molecule has 0 spiro atoms. The predicted octanol–water partition coefficient (Wildman–Crippen LogP) is 2.24. The van der Waals surface area contributed by atoms with Crippen molar-refractivity contribution in [1.82, 2.24) is 0 Å². The van der Waals surface area contributed by atoms with Gasteiger partial charge >= 0.3 is 12.0 Å². The summed E-state index contributed by atoms with van der Waals surface area (Å²) in [4.78, 5) is 3.48. The maximum absolute atomic E-state index is 14.6. The van der Waals surface area contributed by atoms with E-state index < -0.39 is 35.6 Å². The molecule has 1 aromatic rings. The first kappa shape index (κ1) is 15.5. The number of alkyl halides is 4. The number of hydrogen-bond acceptors (Lipinski definition) is 4. The Hall–Kier alpha value is -1.90. The van der Waals surface area contributed by atoms with Crippen LogP contribution in [-0.2, 0) is 10.3 Å². The second-order valence-electron chi connectivity index (χ2n) is 4.80. The maximum atomic E-state index is 14.6. The summed E-state index contributed by atoms with van der Waals surface area (Å²) in [5, 5.41) is 0. The molecule has 0 unspecified atom stereocenters. The molecule has 1 aliphatic heterocycles. The predicted molar refractivity (Wildman–Crippen MR) is 65.6 cm³/mol. The number of amidine groups is 1. The Balaban J connectivity index is 2.74. The number of nitrogens with zero attached hydrogens (tertiary/aromatic N) is 1. The molecule has 9 heteroatoms. The second kappa shape index (κ2) is 4.55. The zero-order valence-corrected chi connectivity index (χ0v) is 10.8. The number of halogens is 5. The summed E-state index contributed by atoms with van der Waals surface area (Å²) in [6.45, 7) is -0.0973. The van der Waals surface area contributed by atoms with Crippen LogP contribution in [0, 0.1) is 5.82 Å². The number of nitrogens with two attached hydrogens (primary N) is 2. The third kappa shape index (κ3) is 2.21.